The van der Waals surface area contributed by atoms with Gasteiger partial charge in [0, 0.05) is 5.39 Å². The molecule has 7 nitrogen and oxygen atoms in total. The number of carbonyl (C=O) groups is 3. The minimum Gasteiger partial charge on any atom is -0.467 e. The number of nitrogens with zero attached hydrogens (tertiary/aromatic N) is 1. The van der Waals surface area contributed by atoms with Crippen LogP contribution >= 0.6 is 0 Å². The van der Waals surface area contributed by atoms with Crippen LogP contribution in [0.1, 0.15) is 41.9 Å². The Bertz CT molecular complexity index is 894. The van der Waals surface area contributed by atoms with Gasteiger partial charge in [-0.3, -0.25) is 9.78 Å². The number of carbonyl (C=O) groups excluding carboxylic acids is 3. The lowest BCUT2D eigenvalue weighted by molar-refractivity contribution is -0.147. The highest BCUT2D eigenvalue weighted by atomic mass is 16.5. The first kappa shape index (κ1) is 21.3. The zero-order chi connectivity index (χ0) is 20.8. The Morgan fingerprint density at radius 3 is 2.50 bits per heavy atom. The first-order valence-electron chi connectivity index (χ1n) is 9.20. The Morgan fingerprint density at radius 1 is 1.18 bits per heavy atom. The Hall–Kier alpha value is -2.96. The normalized spacial score (nSPS) is 12.9. The zero-order valence-electron chi connectivity index (χ0n) is 16.9. The van der Waals surface area contributed by atoms with Gasteiger partial charge in [0.15, 0.2) is 6.61 Å². The largest absolute Gasteiger partial charge is 0.467 e. The molecule has 0 saturated heterocycles. The van der Waals surface area contributed by atoms with Crippen molar-refractivity contribution in [3.05, 3.63) is 41.1 Å². The summed E-state index contributed by atoms with van der Waals surface area (Å²) < 4.78 is 9.92. The van der Waals surface area contributed by atoms with Gasteiger partial charge in [-0.25, -0.2) is 9.59 Å². The summed E-state index contributed by atoms with van der Waals surface area (Å²) in [5, 5.41) is 3.43. The van der Waals surface area contributed by atoms with E-state index in [1.165, 1.54) is 7.11 Å². The summed E-state index contributed by atoms with van der Waals surface area (Å²) in [6.07, 6.45) is 0.682. The van der Waals surface area contributed by atoms with Gasteiger partial charge in [0.2, 0.25) is 0 Å². The van der Waals surface area contributed by atoms with Gasteiger partial charge < -0.3 is 14.8 Å². The molecule has 0 aliphatic rings. The Morgan fingerprint density at radius 2 is 1.86 bits per heavy atom. The number of para-hydroxylation sites is 1. The van der Waals surface area contributed by atoms with Crippen molar-refractivity contribution in [2.24, 2.45) is 5.92 Å². The van der Waals surface area contributed by atoms with Crippen LogP contribution in [0, 0.1) is 19.8 Å². The summed E-state index contributed by atoms with van der Waals surface area (Å²) in [5.74, 6) is -1.82. The summed E-state index contributed by atoms with van der Waals surface area (Å²) in [6.45, 7) is 6.80. The Kier molecular flexibility index (Phi) is 7.09. The summed E-state index contributed by atoms with van der Waals surface area (Å²) in [4.78, 5) is 41.1. The number of pyridine rings is 1. The molecule has 1 N–H and O–H groups in total. The predicted molar refractivity (Wildman–Crippen MR) is 105 cm³/mol. The molecule has 0 saturated carbocycles. The number of fused-ring (bicyclic) bond motifs is 1. The van der Waals surface area contributed by atoms with Gasteiger partial charge in [-0.15, -0.1) is 0 Å². The smallest absolute Gasteiger partial charge is 0.340 e. The number of rotatable bonds is 7. The number of hydrogen-bond acceptors (Lipinski definition) is 6. The van der Waals surface area contributed by atoms with E-state index < -0.39 is 30.5 Å². The molecular formula is C21H26N2O5. The van der Waals surface area contributed by atoms with Crippen molar-refractivity contribution in [2.75, 3.05) is 13.7 Å². The van der Waals surface area contributed by atoms with Crippen LogP contribution in [0.5, 0.6) is 0 Å². The summed E-state index contributed by atoms with van der Waals surface area (Å²) >= 11 is 0. The summed E-state index contributed by atoms with van der Waals surface area (Å²) in [5.41, 5.74) is 2.42. The van der Waals surface area contributed by atoms with E-state index in [0.29, 0.717) is 17.7 Å². The van der Waals surface area contributed by atoms with Crippen molar-refractivity contribution < 1.29 is 23.9 Å². The third-order valence-electron chi connectivity index (χ3n) is 4.86. The molecule has 0 fully saturated rings. The summed E-state index contributed by atoms with van der Waals surface area (Å²) in [7, 11) is 1.27. The van der Waals surface area contributed by atoms with Gasteiger partial charge >= 0.3 is 11.9 Å². The van der Waals surface area contributed by atoms with Crippen LogP contribution in [0.15, 0.2) is 24.3 Å². The van der Waals surface area contributed by atoms with Crippen molar-refractivity contribution >= 4 is 28.7 Å². The molecule has 0 aliphatic carbocycles. The Labute approximate surface area is 164 Å². The molecule has 2 rings (SSSR count). The number of nitrogens with one attached hydrogen (secondary N) is 1. The highest BCUT2D eigenvalue weighted by Crippen LogP contribution is 2.23. The number of hydrogen-bond donors (Lipinski definition) is 1. The van der Waals surface area contributed by atoms with E-state index in [1.54, 1.807) is 6.92 Å². The van der Waals surface area contributed by atoms with Gasteiger partial charge in [0.1, 0.15) is 6.04 Å². The first-order valence-corrected chi connectivity index (χ1v) is 9.20. The quantitative estimate of drug-likeness (QED) is 0.735. The fraction of sp³-hybridized carbons (Fsp3) is 0.429. The van der Waals surface area contributed by atoms with Gasteiger partial charge in [0.05, 0.1) is 23.9 Å². The molecule has 2 aromatic rings. The third kappa shape index (κ3) is 4.65. The van der Waals surface area contributed by atoms with Crippen LogP contribution in [0.4, 0.5) is 0 Å². The lowest BCUT2D eigenvalue weighted by atomic mass is 9.99. The first-order chi connectivity index (χ1) is 13.3. The maximum Gasteiger partial charge on any atom is 0.340 e. The second-order valence-electron chi connectivity index (χ2n) is 6.74. The van der Waals surface area contributed by atoms with Crippen LogP contribution in [0.2, 0.25) is 0 Å². The average molecular weight is 386 g/mol. The van der Waals surface area contributed by atoms with E-state index in [4.69, 9.17) is 9.47 Å². The molecule has 0 aliphatic heterocycles. The number of ether oxygens (including phenoxy) is 2. The molecule has 1 heterocycles. The van der Waals surface area contributed by atoms with Crippen LogP contribution in [-0.2, 0) is 19.1 Å². The highest BCUT2D eigenvalue weighted by molar-refractivity contribution is 5.99. The SMILES string of the molecule is CCC(C)C(NC(=O)COC(=O)c1c(C)nc2ccccc2c1C)C(=O)OC. The number of benzene rings is 1. The minimum atomic E-state index is -0.785. The van der Waals surface area contributed by atoms with Crippen molar-refractivity contribution in [3.8, 4) is 0 Å². The molecule has 7 heteroatoms. The highest BCUT2D eigenvalue weighted by Gasteiger charge is 2.27. The van der Waals surface area contributed by atoms with E-state index in [9.17, 15) is 14.4 Å². The lowest BCUT2D eigenvalue weighted by Crippen LogP contribution is -2.47. The van der Waals surface area contributed by atoms with Gasteiger partial charge in [-0.2, -0.15) is 0 Å². The molecule has 150 valence electrons. The van der Waals surface area contributed by atoms with Crippen molar-refractivity contribution in [3.63, 3.8) is 0 Å². The maximum absolute atomic E-state index is 12.6. The minimum absolute atomic E-state index is 0.110. The van der Waals surface area contributed by atoms with Gasteiger partial charge in [0.25, 0.3) is 5.91 Å². The van der Waals surface area contributed by atoms with Crippen molar-refractivity contribution in [2.45, 2.75) is 40.2 Å². The monoisotopic (exact) mass is 386 g/mol. The molecule has 1 amide bonds. The lowest BCUT2D eigenvalue weighted by Gasteiger charge is -2.21. The molecule has 0 spiro atoms. The number of aryl methyl sites for hydroxylation is 2. The Balaban J connectivity index is 2.10. The zero-order valence-corrected chi connectivity index (χ0v) is 16.9. The van der Waals surface area contributed by atoms with Crippen LogP contribution in [0.3, 0.4) is 0 Å². The van der Waals surface area contributed by atoms with Crippen molar-refractivity contribution in [1.82, 2.24) is 10.3 Å². The predicted octanol–water partition coefficient (Wildman–Crippen LogP) is 2.71. The molecule has 1 aromatic carbocycles. The molecule has 0 radical (unpaired) electrons. The number of esters is 2. The average Bonchev–Trinajstić information content (AvgIpc) is 2.69. The second-order valence-corrected chi connectivity index (χ2v) is 6.74. The molecular weight excluding hydrogens is 360 g/mol. The second kappa shape index (κ2) is 9.30. The van der Waals surface area contributed by atoms with E-state index in [1.807, 2.05) is 45.0 Å². The third-order valence-corrected chi connectivity index (χ3v) is 4.86. The van der Waals surface area contributed by atoms with E-state index >= 15 is 0 Å². The maximum atomic E-state index is 12.6. The molecule has 0 bridgehead atoms. The molecule has 2 atom stereocenters. The fourth-order valence-corrected chi connectivity index (χ4v) is 3.05. The number of methoxy groups -OCH3 is 1. The van der Waals surface area contributed by atoms with Crippen LogP contribution < -0.4 is 5.32 Å². The number of aromatic nitrogens is 1. The fourth-order valence-electron chi connectivity index (χ4n) is 3.05. The molecule has 28 heavy (non-hydrogen) atoms. The summed E-state index contributed by atoms with van der Waals surface area (Å²) in [6, 6.07) is 6.72. The van der Waals surface area contributed by atoms with Crippen molar-refractivity contribution in [1.29, 1.82) is 0 Å². The van der Waals surface area contributed by atoms with Gasteiger partial charge in [-0.05, 0) is 31.4 Å². The van der Waals surface area contributed by atoms with E-state index in [2.05, 4.69) is 10.3 Å². The van der Waals surface area contributed by atoms with E-state index in [0.717, 1.165) is 16.5 Å². The standard InChI is InChI=1S/C21H26N2O5/c1-6-12(2)19(21(26)27-5)23-17(24)11-28-20(25)18-13(3)15-9-7-8-10-16(15)22-14(18)4/h7-10,12,19H,6,11H2,1-5H3,(H,23,24). The number of amides is 1. The van der Waals surface area contributed by atoms with Gasteiger partial charge in [-0.1, -0.05) is 38.5 Å². The molecule has 2 unspecified atom stereocenters. The molecule has 1 aromatic heterocycles. The van der Waals surface area contributed by atoms with Crippen LogP contribution in [0.25, 0.3) is 10.9 Å². The van der Waals surface area contributed by atoms with Crippen LogP contribution in [-0.4, -0.2) is 42.6 Å². The topological polar surface area (TPSA) is 94.6 Å². The van der Waals surface area contributed by atoms with E-state index in [-0.39, 0.29) is 5.92 Å².